The van der Waals surface area contributed by atoms with Crippen LogP contribution in [0.3, 0.4) is 0 Å². The molecule has 3 nitrogen and oxygen atoms in total. The van der Waals surface area contributed by atoms with Crippen LogP contribution in [-0.4, -0.2) is 29.9 Å². The summed E-state index contributed by atoms with van der Waals surface area (Å²) in [5.41, 5.74) is 1.13. The Bertz CT molecular complexity index is 402. The number of carbonyl (C=O) groups is 1. The van der Waals surface area contributed by atoms with E-state index in [-0.39, 0.29) is 5.91 Å². The van der Waals surface area contributed by atoms with E-state index in [4.69, 9.17) is 0 Å². The van der Waals surface area contributed by atoms with Crippen molar-refractivity contribution in [3.63, 3.8) is 0 Å². The Morgan fingerprint density at radius 3 is 2.94 bits per heavy atom. The number of nitrogens with one attached hydrogen (secondary N) is 1. The van der Waals surface area contributed by atoms with Gasteiger partial charge in [-0.05, 0) is 25.0 Å². The van der Waals surface area contributed by atoms with Crippen molar-refractivity contribution in [3.8, 4) is 0 Å². The number of piperidine rings is 1. The Hall–Kier alpha value is -1.77. The zero-order chi connectivity index (χ0) is 12.8. The van der Waals surface area contributed by atoms with Gasteiger partial charge in [0.05, 0.1) is 0 Å². The van der Waals surface area contributed by atoms with Gasteiger partial charge in [-0.3, -0.25) is 4.79 Å². The quantitative estimate of drug-likeness (QED) is 0.826. The van der Waals surface area contributed by atoms with Gasteiger partial charge < -0.3 is 10.2 Å². The Morgan fingerprint density at radius 1 is 1.44 bits per heavy atom. The fourth-order valence-electron chi connectivity index (χ4n) is 2.34. The van der Waals surface area contributed by atoms with E-state index in [0.29, 0.717) is 12.5 Å². The molecule has 96 valence electrons. The van der Waals surface area contributed by atoms with Crippen LogP contribution in [0.5, 0.6) is 0 Å². The van der Waals surface area contributed by atoms with E-state index in [9.17, 15) is 4.79 Å². The van der Waals surface area contributed by atoms with Crippen LogP contribution in [0.4, 0.5) is 5.69 Å². The maximum Gasteiger partial charge on any atom is 0.226 e. The third-order valence-electron chi connectivity index (χ3n) is 3.24. The molecule has 0 bridgehead atoms. The molecule has 1 atom stereocenters. The maximum atomic E-state index is 11.8. The molecule has 3 heteroatoms. The van der Waals surface area contributed by atoms with Crippen LogP contribution in [0.25, 0.3) is 0 Å². The van der Waals surface area contributed by atoms with Crippen molar-refractivity contribution in [1.29, 1.82) is 0 Å². The summed E-state index contributed by atoms with van der Waals surface area (Å²) in [5, 5.41) is 3.49. The Kier molecular flexibility index (Phi) is 4.40. The number of benzene rings is 1. The van der Waals surface area contributed by atoms with Crippen LogP contribution < -0.4 is 5.32 Å². The molecule has 1 heterocycles. The van der Waals surface area contributed by atoms with Gasteiger partial charge in [-0.1, -0.05) is 24.3 Å². The standard InChI is InChI=1S/C15H20N2O/c1-2-7-15(18)17-11-6-10-14(12-17)16-13-8-4-3-5-9-13/h2-5,8-9,14,16H,1,6-7,10-12H2/t14-/m1/s1. The molecule has 0 spiro atoms. The lowest BCUT2D eigenvalue weighted by atomic mass is 10.0. The third-order valence-corrected chi connectivity index (χ3v) is 3.24. The van der Waals surface area contributed by atoms with Gasteiger partial charge in [0.15, 0.2) is 0 Å². The highest BCUT2D eigenvalue weighted by molar-refractivity contribution is 5.77. The van der Waals surface area contributed by atoms with Gasteiger partial charge in [0.25, 0.3) is 0 Å². The van der Waals surface area contributed by atoms with Crippen LogP contribution >= 0.6 is 0 Å². The van der Waals surface area contributed by atoms with Gasteiger partial charge in [-0.2, -0.15) is 0 Å². The summed E-state index contributed by atoms with van der Waals surface area (Å²) in [4.78, 5) is 13.8. The summed E-state index contributed by atoms with van der Waals surface area (Å²) in [7, 11) is 0. The van der Waals surface area contributed by atoms with Crippen molar-refractivity contribution >= 4 is 11.6 Å². The molecule has 2 rings (SSSR count). The van der Waals surface area contributed by atoms with Crippen LogP contribution in [0.1, 0.15) is 19.3 Å². The molecule has 1 N–H and O–H groups in total. The number of hydrogen-bond acceptors (Lipinski definition) is 2. The zero-order valence-electron chi connectivity index (χ0n) is 10.6. The Labute approximate surface area is 108 Å². The fraction of sp³-hybridized carbons (Fsp3) is 0.400. The van der Waals surface area contributed by atoms with Crippen LogP contribution in [0, 0.1) is 0 Å². The van der Waals surface area contributed by atoms with E-state index in [1.165, 1.54) is 0 Å². The smallest absolute Gasteiger partial charge is 0.226 e. The van der Waals surface area contributed by atoms with E-state index in [1.54, 1.807) is 6.08 Å². The largest absolute Gasteiger partial charge is 0.381 e. The fourth-order valence-corrected chi connectivity index (χ4v) is 2.34. The molecule has 0 radical (unpaired) electrons. The molecule has 1 aromatic carbocycles. The Balaban J connectivity index is 1.90. The lowest BCUT2D eigenvalue weighted by Gasteiger charge is -2.33. The van der Waals surface area contributed by atoms with Crippen molar-refractivity contribution < 1.29 is 4.79 Å². The molecule has 0 unspecified atom stereocenters. The van der Waals surface area contributed by atoms with Gasteiger partial charge in [-0.15, -0.1) is 6.58 Å². The normalized spacial score (nSPS) is 19.3. The number of para-hydroxylation sites is 1. The van der Waals surface area contributed by atoms with Crippen molar-refractivity contribution in [1.82, 2.24) is 4.90 Å². The number of rotatable bonds is 4. The lowest BCUT2D eigenvalue weighted by Crippen LogP contribution is -2.44. The Morgan fingerprint density at radius 2 is 2.22 bits per heavy atom. The minimum atomic E-state index is 0.185. The SMILES string of the molecule is C=CCC(=O)N1CCC[C@@H](Nc2ccccc2)C1. The number of anilines is 1. The molecule has 0 saturated carbocycles. The van der Waals surface area contributed by atoms with E-state index >= 15 is 0 Å². The van der Waals surface area contributed by atoms with E-state index in [2.05, 4.69) is 24.0 Å². The number of likely N-dealkylation sites (tertiary alicyclic amines) is 1. The summed E-state index contributed by atoms with van der Waals surface area (Å²) in [6, 6.07) is 10.5. The lowest BCUT2D eigenvalue weighted by molar-refractivity contribution is -0.131. The monoisotopic (exact) mass is 244 g/mol. The molecule has 1 amide bonds. The summed E-state index contributed by atoms with van der Waals surface area (Å²) < 4.78 is 0. The predicted octanol–water partition coefficient (Wildman–Crippen LogP) is 2.67. The van der Waals surface area contributed by atoms with Gasteiger partial charge >= 0.3 is 0 Å². The third kappa shape index (κ3) is 3.36. The first kappa shape index (κ1) is 12.7. The summed E-state index contributed by atoms with van der Waals surface area (Å²) >= 11 is 0. The van der Waals surface area contributed by atoms with Crippen molar-refractivity contribution in [2.24, 2.45) is 0 Å². The molecule has 0 aromatic heterocycles. The minimum Gasteiger partial charge on any atom is -0.381 e. The topological polar surface area (TPSA) is 32.3 Å². The number of amides is 1. The second-order valence-electron chi connectivity index (χ2n) is 4.68. The zero-order valence-corrected chi connectivity index (χ0v) is 10.6. The van der Waals surface area contributed by atoms with E-state index in [0.717, 1.165) is 31.6 Å². The first-order chi connectivity index (χ1) is 8.79. The van der Waals surface area contributed by atoms with Gasteiger partial charge in [0.2, 0.25) is 5.91 Å². The average molecular weight is 244 g/mol. The average Bonchev–Trinajstić information content (AvgIpc) is 2.40. The summed E-state index contributed by atoms with van der Waals surface area (Å²) in [5.74, 6) is 0.185. The highest BCUT2D eigenvalue weighted by Gasteiger charge is 2.22. The summed E-state index contributed by atoms with van der Waals surface area (Å²) in [6.45, 7) is 5.29. The molecule has 1 aliphatic rings. The predicted molar refractivity (Wildman–Crippen MR) is 74.5 cm³/mol. The molecule has 1 aliphatic heterocycles. The second-order valence-corrected chi connectivity index (χ2v) is 4.68. The highest BCUT2D eigenvalue weighted by atomic mass is 16.2. The molecule has 18 heavy (non-hydrogen) atoms. The molecule has 1 fully saturated rings. The number of carbonyl (C=O) groups excluding carboxylic acids is 1. The van der Waals surface area contributed by atoms with Crippen LogP contribution in [0.15, 0.2) is 43.0 Å². The summed E-state index contributed by atoms with van der Waals surface area (Å²) in [6.07, 6.45) is 4.30. The second kappa shape index (κ2) is 6.24. The highest BCUT2D eigenvalue weighted by Crippen LogP contribution is 2.16. The van der Waals surface area contributed by atoms with Crippen LogP contribution in [0.2, 0.25) is 0 Å². The molecule has 1 aromatic rings. The number of nitrogens with zero attached hydrogens (tertiary/aromatic N) is 1. The first-order valence-corrected chi connectivity index (χ1v) is 6.50. The van der Waals surface area contributed by atoms with Gasteiger partial charge in [-0.25, -0.2) is 0 Å². The van der Waals surface area contributed by atoms with Gasteiger partial charge in [0, 0.05) is 31.2 Å². The molecule has 1 saturated heterocycles. The maximum absolute atomic E-state index is 11.8. The van der Waals surface area contributed by atoms with E-state index in [1.807, 2.05) is 23.1 Å². The van der Waals surface area contributed by atoms with Crippen molar-refractivity contribution in [3.05, 3.63) is 43.0 Å². The molecule has 0 aliphatic carbocycles. The molecular formula is C15H20N2O. The minimum absolute atomic E-state index is 0.185. The van der Waals surface area contributed by atoms with Crippen LogP contribution in [-0.2, 0) is 4.79 Å². The van der Waals surface area contributed by atoms with Crippen molar-refractivity contribution in [2.75, 3.05) is 18.4 Å². The number of hydrogen-bond donors (Lipinski definition) is 1. The molecular weight excluding hydrogens is 224 g/mol. The van der Waals surface area contributed by atoms with Crippen molar-refractivity contribution in [2.45, 2.75) is 25.3 Å². The first-order valence-electron chi connectivity index (χ1n) is 6.50. The van der Waals surface area contributed by atoms with Gasteiger partial charge in [0.1, 0.15) is 0 Å². The van der Waals surface area contributed by atoms with E-state index < -0.39 is 0 Å².